The standard InChI is InChI=1S/C20H28N4O2/c1-13-5-6-16-15(10-23-18(16)9-13)7-8-22-20(21-3)24-11-14(2)17(12-24)19(25)26-4/h5-6,9-10,14,17,23H,7-8,11-12H2,1-4H3,(H,21,22). The minimum Gasteiger partial charge on any atom is -0.469 e. The highest BCUT2D eigenvalue weighted by Gasteiger charge is 2.36. The molecule has 1 aromatic heterocycles. The van der Waals surface area contributed by atoms with Crippen LogP contribution in [0.1, 0.15) is 18.1 Å². The monoisotopic (exact) mass is 356 g/mol. The van der Waals surface area contributed by atoms with Gasteiger partial charge in [-0.2, -0.15) is 0 Å². The molecule has 0 amide bonds. The van der Waals surface area contributed by atoms with Crippen LogP contribution in [0.2, 0.25) is 0 Å². The lowest BCUT2D eigenvalue weighted by Crippen LogP contribution is -2.41. The number of aryl methyl sites for hydroxylation is 1. The van der Waals surface area contributed by atoms with Gasteiger partial charge in [-0.1, -0.05) is 19.1 Å². The minimum absolute atomic E-state index is 0.0876. The van der Waals surface area contributed by atoms with Crippen LogP contribution in [0.25, 0.3) is 10.9 Å². The summed E-state index contributed by atoms with van der Waals surface area (Å²) in [4.78, 5) is 21.8. The second kappa shape index (κ2) is 7.81. The number of likely N-dealkylation sites (tertiary alicyclic amines) is 1. The number of benzene rings is 1. The zero-order valence-corrected chi connectivity index (χ0v) is 16.0. The first kappa shape index (κ1) is 18.3. The van der Waals surface area contributed by atoms with Crippen LogP contribution >= 0.6 is 0 Å². The Labute approximate surface area is 154 Å². The molecule has 2 unspecified atom stereocenters. The molecular weight excluding hydrogens is 328 g/mol. The number of fused-ring (bicyclic) bond motifs is 1. The zero-order chi connectivity index (χ0) is 18.7. The number of nitrogens with zero attached hydrogens (tertiary/aromatic N) is 2. The summed E-state index contributed by atoms with van der Waals surface area (Å²) < 4.78 is 4.92. The van der Waals surface area contributed by atoms with Crippen molar-refractivity contribution in [3.05, 3.63) is 35.5 Å². The van der Waals surface area contributed by atoms with Crippen LogP contribution in [0.5, 0.6) is 0 Å². The number of hydrogen-bond acceptors (Lipinski definition) is 3. The number of carbonyl (C=O) groups excluding carboxylic acids is 1. The van der Waals surface area contributed by atoms with Crippen molar-refractivity contribution in [3.63, 3.8) is 0 Å². The Morgan fingerprint density at radius 2 is 2.23 bits per heavy atom. The lowest BCUT2D eigenvalue weighted by Gasteiger charge is -2.21. The van der Waals surface area contributed by atoms with Gasteiger partial charge in [0.15, 0.2) is 5.96 Å². The number of aliphatic imine (C=N–C) groups is 1. The van der Waals surface area contributed by atoms with Crippen LogP contribution in [0.15, 0.2) is 29.4 Å². The number of esters is 1. The molecule has 2 aromatic rings. The summed E-state index contributed by atoms with van der Waals surface area (Å²) in [5.41, 5.74) is 3.73. The molecule has 0 aliphatic carbocycles. The number of guanidine groups is 1. The third-order valence-corrected chi connectivity index (χ3v) is 5.23. The number of carbonyl (C=O) groups is 1. The molecule has 3 rings (SSSR count). The second-order valence-corrected chi connectivity index (χ2v) is 7.10. The number of aromatic amines is 1. The molecule has 0 saturated carbocycles. The molecule has 2 atom stereocenters. The number of aromatic nitrogens is 1. The highest BCUT2D eigenvalue weighted by Crippen LogP contribution is 2.24. The van der Waals surface area contributed by atoms with E-state index in [9.17, 15) is 4.79 Å². The first-order valence-electron chi connectivity index (χ1n) is 9.13. The van der Waals surface area contributed by atoms with Gasteiger partial charge in [-0.15, -0.1) is 0 Å². The topological polar surface area (TPSA) is 69.7 Å². The molecule has 0 radical (unpaired) electrons. The zero-order valence-electron chi connectivity index (χ0n) is 16.0. The average molecular weight is 356 g/mol. The highest BCUT2D eigenvalue weighted by atomic mass is 16.5. The quantitative estimate of drug-likeness (QED) is 0.501. The first-order chi connectivity index (χ1) is 12.5. The van der Waals surface area contributed by atoms with Crippen molar-refractivity contribution in [3.8, 4) is 0 Å². The SMILES string of the molecule is CN=C(NCCc1c[nH]c2cc(C)ccc12)N1CC(C)C(C(=O)OC)C1. The molecule has 2 N–H and O–H groups in total. The molecule has 6 nitrogen and oxygen atoms in total. The van der Waals surface area contributed by atoms with Gasteiger partial charge >= 0.3 is 5.97 Å². The van der Waals surface area contributed by atoms with Crippen molar-refractivity contribution in [1.82, 2.24) is 15.2 Å². The third kappa shape index (κ3) is 3.69. The smallest absolute Gasteiger partial charge is 0.310 e. The molecule has 1 saturated heterocycles. The summed E-state index contributed by atoms with van der Waals surface area (Å²) >= 11 is 0. The molecule has 1 aromatic carbocycles. The van der Waals surface area contributed by atoms with Crippen LogP contribution in [0.4, 0.5) is 0 Å². The van der Waals surface area contributed by atoms with E-state index >= 15 is 0 Å². The molecule has 26 heavy (non-hydrogen) atoms. The van der Waals surface area contributed by atoms with Crippen molar-refractivity contribution >= 4 is 22.8 Å². The summed E-state index contributed by atoms with van der Waals surface area (Å²) in [5, 5.41) is 4.70. The molecule has 2 heterocycles. The van der Waals surface area contributed by atoms with Crippen molar-refractivity contribution in [1.29, 1.82) is 0 Å². The van der Waals surface area contributed by atoms with E-state index < -0.39 is 0 Å². The normalized spacial score (nSPS) is 20.6. The van der Waals surface area contributed by atoms with Gasteiger partial charge in [0.05, 0.1) is 13.0 Å². The third-order valence-electron chi connectivity index (χ3n) is 5.23. The number of hydrogen-bond donors (Lipinski definition) is 2. The van der Waals surface area contributed by atoms with E-state index in [0.717, 1.165) is 25.5 Å². The van der Waals surface area contributed by atoms with Gasteiger partial charge < -0.3 is 19.9 Å². The Balaban J connectivity index is 1.59. The fourth-order valence-electron chi connectivity index (χ4n) is 3.75. The van der Waals surface area contributed by atoms with Gasteiger partial charge in [0.1, 0.15) is 0 Å². The number of ether oxygens (including phenoxy) is 1. The summed E-state index contributed by atoms with van der Waals surface area (Å²) in [5.74, 6) is 0.886. The molecule has 6 heteroatoms. The Morgan fingerprint density at radius 3 is 2.96 bits per heavy atom. The fourth-order valence-corrected chi connectivity index (χ4v) is 3.75. The Bertz CT molecular complexity index is 811. The Morgan fingerprint density at radius 1 is 1.42 bits per heavy atom. The molecule has 0 bridgehead atoms. The van der Waals surface area contributed by atoms with E-state index in [2.05, 4.69) is 58.4 Å². The summed E-state index contributed by atoms with van der Waals surface area (Å²) in [6.45, 7) is 6.44. The van der Waals surface area contributed by atoms with Gasteiger partial charge in [-0.05, 0) is 36.5 Å². The van der Waals surface area contributed by atoms with Crippen molar-refractivity contribution in [2.45, 2.75) is 20.3 Å². The van der Waals surface area contributed by atoms with Crippen LogP contribution < -0.4 is 5.32 Å². The van der Waals surface area contributed by atoms with Crippen LogP contribution in [-0.2, 0) is 16.0 Å². The number of methoxy groups -OCH3 is 1. The molecule has 0 spiro atoms. The van der Waals surface area contributed by atoms with E-state index in [4.69, 9.17) is 4.74 Å². The number of H-pyrrole nitrogens is 1. The summed E-state index contributed by atoms with van der Waals surface area (Å²) in [6, 6.07) is 6.49. The van der Waals surface area contributed by atoms with E-state index in [1.807, 2.05) is 0 Å². The minimum atomic E-state index is -0.135. The maximum Gasteiger partial charge on any atom is 0.310 e. The lowest BCUT2D eigenvalue weighted by atomic mass is 9.99. The van der Waals surface area contributed by atoms with Crippen molar-refractivity contribution < 1.29 is 9.53 Å². The summed E-state index contributed by atoms with van der Waals surface area (Å²) in [7, 11) is 3.24. The van der Waals surface area contributed by atoms with Gasteiger partial charge in [0, 0.05) is 43.8 Å². The largest absolute Gasteiger partial charge is 0.469 e. The van der Waals surface area contributed by atoms with E-state index in [-0.39, 0.29) is 17.8 Å². The predicted molar refractivity (Wildman–Crippen MR) is 104 cm³/mol. The fraction of sp³-hybridized carbons (Fsp3) is 0.500. The predicted octanol–water partition coefficient (Wildman–Crippen LogP) is 2.34. The van der Waals surface area contributed by atoms with Gasteiger partial charge in [0.25, 0.3) is 0 Å². The van der Waals surface area contributed by atoms with Crippen molar-refractivity contribution in [2.75, 3.05) is 33.8 Å². The second-order valence-electron chi connectivity index (χ2n) is 7.10. The van der Waals surface area contributed by atoms with Crippen LogP contribution in [-0.4, -0.2) is 55.6 Å². The van der Waals surface area contributed by atoms with Crippen LogP contribution in [0.3, 0.4) is 0 Å². The van der Waals surface area contributed by atoms with E-state index in [0.29, 0.717) is 6.54 Å². The molecule has 1 aliphatic rings. The highest BCUT2D eigenvalue weighted by molar-refractivity contribution is 5.84. The molecule has 1 aliphatic heterocycles. The maximum absolute atomic E-state index is 11.9. The lowest BCUT2D eigenvalue weighted by molar-refractivity contribution is -0.145. The average Bonchev–Trinajstić information content (AvgIpc) is 3.21. The molecule has 140 valence electrons. The summed E-state index contributed by atoms with van der Waals surface area (Å²) in [6.07, 6.45) is 2.99. The van der Waals surface area contributed by atoms with Gasteiger partial charge in [-0.25, -0.2) is 0 Å². The first-order valence-corrected chi connectivity index (χ1v) is 9.13. The number of nitrogens with one attached hydrogen (secondary N) is 2. The molecular formula is C20H28N4O2. The van der Waals surface area contributed by atoms with Crippen molar-refractivity contribution in [2.24, 2.45) is 16.8 Å². The van der Waals surface area contributed by atoms with E-state index in [1.54, 1.807) is 7.05 Å². The molecule has 1 fully saturated rings. The van der Waals surface area contributed by atoms with Gasteiger partial charge in [-0.3, -0.25) is 9.79 Å². The maximum atomic E-state index is 11.9. The number of rotatable bonds is 4. The Kier molecular flexibility index (Phi) is 5.49. The van der Waals surface area contributed by atoms with Gasteiger partial charge in [0.2, 0.25) is 0 Å². The van der Waals surface area contributed by atoms with Crippen LogP contribution in [0, 0.1) is 18.8 Å². The Hall–Kier alpha value is -2.50. The van der Waals surface area contributed by atoms with E-state index in [1.165, 1.54) is 29.1 Å².